The molecule has 2 aromatic rings. The van der Waals surface area contributed by atoms with Crippen molar-refractivity contribution in [3.8, 4) is 0 Å². The number of nitrogens with zero attached hydrogens (tertiary/aromatic N) is 3. The minimum absolute atomic E-state index is 0.209. The van der Waals surface area contributed by atoms with E-state index in [9.17, 15) is 4.79 Å². The quantitative estimate of drug-likeness (QED) is 0.849. The first-order valence-electron chi connectivity index (χ1n) is 6.18. The lowest BCUT2D eigenvalue weighted by Gasteiger charge is -2.08. The van der Waals surface area contributed by atoms with Crippen molar-refractivity contribution >= 4 is 39.4 Å². The summed E-state index contributed by atoms with van der Waals surface area (Å²) >= 11 is 9.23. The Kier molecular flexibility index (Phi) is 4.77. The number of hydrogen-bond acceptors (Lipinski definition) is 3. The van der Waals surface area contributed by atoms with Gasteiger partial charge in [0.05, 0.1) is 0 Å². The summed E-state index contributed by atoms with van der Waals surface area (Å²) in [5, 5.41) is 2.97. The highest BCUT2D eigenvalue weighted by atomic mass is 79.9. The Bertz CT molecular complexity index is 621. The van der Waals surface area contributed by atoms with E-state index in [-0.39, 0.29) is 11.9 Å². The molecule has 1 N–H and O–H groups in total. The normalized spacial score (nSPS) is 10.6. The topological polar surface area (TPSA) is 59.8 Å². The molecule has 0 radical (unpaired) electrons. The van der Waals surface area contributed by atoms with E-state index >= 15 is 0 Å². The number of anilines is 1. The van der Waals surface area contributed by atoms with E-state index in [0.29, 0.717) is 16.5 Å². The monoisotopic (exact) mass is 356 g/mol. The van der Waals surface area contributed by atoms with Crippen molar-refractivity contribution < 1.29 is 4.79 Å². The summed E-state index contributed by atoms with van der Waals surface area (Å²) in [5.74, 6) is -0.0498. The van der Waals surface area contributed by atoms with Gasteiger partial charge in [-0.2, -0.15) is 0 Å². The second-order valence-electron chi connectivity index (χ2n) is 4.35. The van der Waals surface area contributed by atoms with Gasteiger partial charge in [-0.25, -0.2) is 9.97 Å². The Morgan fingerprint density at radius 2 is 2.20 bits per heavy atom. The maximum atomic E-state index is 12.3. The Hall–Kier alpha value is -1.40. The van der Waals surface area contributed by atoms with E-state index in [4.69, 9.17) is 11.6 Å². The lowest BCUT2D eigenvalue weighted by atomic mass is 10.4. The van der Waals surface area contributed by atoms with Crippen LogP contribution in [0.4, 0.5) is 5.95 Å². The first-order valence-corrected chi connectivity index (χ1v) is 7.35. The molecule has 1 amide bonds. The van der Waals surface area contributed by atoms with Crippen molar-refractivity contribution in [3.63, 3.8) is 0 Å². The minimum Gasteiger partial charge on any atom is -0.342 e. The molecule has 2 rings (SSSR count). The third kappa shape index (κ3) is 3.58. The number of aromatic nitrogens is 3. The van der Waals surface area contributed by atoms with Gasteiger partial charge in [0.25, 0.3) is 5.91 Å². The Labute approximate surface area is 130 Å². The Balaban J connectivity index is 2.23. The number of amides is 1. The zero-order valence-corrected chi connectivity index (χ0v) is 13.5. The zero-order chi connectivity index (χ0) is 14.7. The number of rotatable bonds is 4. The van der Waals surface area contributed by atoms with Crippen LogP contribution in [-0.2, 0) is 6.54 Å². The fraction of sp³-hybridized carbons (Fsp3) is 0.308. The van der Waals surface area contributed by atoms with Crippen LogP contribution >= 0.6 is 27.5 Å². The Morgan fingerprint density at radius 3 is 2.85 bits per heavy atom. The van der Waals surface area contributed by atoms with E-state index in [1.165, 1.54) is 0 Å². The van der Waals surface area contributed by atoms with Crippen LogP contribution in [0.2, 0.25) is 5.15 Å². The summed E-state index contributed by atoms with van der Waals surface area (Å²) < 4.78 is 2.75. The summed E-state index contributed by atoms with van der Waals surface area (Å²) in [5.41, 5.74) is 1.25. The van der Waals surface area contributed by atoms with E-state index in [0.717, 1.165) is 17.4 Å². The Morgan fingerprint density at radius 1 is 1.45 bits per heavy atom. The summed E-state index contributed by atoms with van der Waals surface area (Å²) in [6.07, 6.45) is 2.82. The van der Waals surface area contributed by atoms with Gasteiger partial charge in [-0.1, -0.05) is 18.5 Å². The molecule has 0 atom stereocenters. The first-order chi connectivity index (χ1) is 9.49. The van der Waals surface area contributed by atoms with Gasteiger partial charge in [0.1, 0.15) is 10.8 Å². The number of nitrogens with one attached hydrogen (secondary N) is 1. The first kappa shape index (κ1) is 15.0. The average Bonchev–Trinajstić information content (AvgIpc) is 2.69. The van der Waals surface area contributed by atoms with E-state index in [2.05, 4.69) is 38.1 Å². The summed E-state index contributed by atoms with van der Waals surface area (Å²) in [6.45, 7) is 4.61. The van der Waals surface area contributed by atoms with Crippen LogP contribution in [0.3, 0.4) is 0 Å². The molecule has 2 heterocycles. The van der Waals surface area contributed by atoms with Gasteiger partial charge >= 0.3 is 0 Å². The highest BCUT2D eigenvalue weighted by Gasteiger charge is 2.14. The van der Waals surface area contributed by atoms with Crippen molar-refractivity contribution in [1.82, 2.24) is 14.5 Å². The van der Waals surface area contributed by atoms with Gasteiger partial charge in [0, 0.05) is 22.9 Å². The number of carbonyl (C=O) groups excluding carboxylic acids is 1. The van der Waals surface area contributed by atoms with Crippen LogP contribution in [0, 0.1) is 6.92 Å². The van der Waals surface area contributed by atoms with E-state index in [1.807, 2.05) is 10.8 Å². The highest BCUT2D eigenvalue weighted by Crippen LogP contribution is 2.17. The minimum atomic E-state index is -0.259. The van der Waals surface area contributed by atoms with Gasteiger partial charge in [-0.3, -0.25) is 10.1 Å². The molecule has 7 heteroatoms. The molecular formula is C13H14BrClN4O. The van der Waals surface area contributed by atoms with Crippen molar-refractivity contribution in [1.29, 1.82) is 0 Å². The second kappa shape index (κ2) is 6.37. The number of hydrogen-bond donors (Lipinski definition) is 1. The predicted molar refractivity (Wildman–Crippen MR) is 82.2 cm³/mol. The molecule has 0 aromatic carbocycles. The zero-order valence-electron chi connectivity index (χ0n) is 11.2. The average molecular weight is 358 g/mol. The van der Waals surface area contributed by atoms with Gasteiger partial charge in [-0.15, -0.1) is 0 Å². The molecule has 0 aliphatic rings. The summed E-state index contributed by atoms with van der Waals surface area (Å²) in [7, 11) is 0. The van der Waals surface area contributed by atoms with Crippen LogP contribution in [0.1, 0.15) is 29.5 Å². The molecule has 106 valence electrons. The molecule has 0 unspecified atom stereocenters. The summed E-state index contributed by atoms with van der Waals surface area (Å²) in [4.78, 5) is 20.4. The predicted octanol–water partition coefficient (Wildman–Crippen LogP) is 3.66. The number of aryl methyl sites for hydroxylation is 2. The standard InChI is InChI=1S/C13H14BrClN4O/c1-3-4-19-7-9(14)6-10(19)12(20)18-13-16-8(2)5-11(15)17-13/h5-7H,3-4H2,1-2H3,(H,16,17,18,20). The molecule has 2 aromatic heterocycles. The van der Waals surface area contributed by atoms with E-state index < -0.39 is 0 Å². The van der Waals surface area contributed by atoms with Gasteiger partial charge in [-0.05, 0) is 41.4 Å². The van der Waals surface area contributed by atoms with Crippen molar-refractivity contribution in [2.45, 2.75) is 26.8 Å². The fourth-order valence-electron chi connectivity index (χ4n) is 1.84. The summed E-state index contributed by atoms with van der Waals surface area (Å²) in [6, 6.07) is 3.40. The molecule has 0 fully saturated rings. The molecule has 0 aliphatic carbocycles. The fourth-order valence-corrected chi connectivity index (χ4v) is 2.54. The van der Waals surface area contributed by atoms with Crippen molar-refractivity contribution in [3.05, 3.63) is 39.3 Å². The van der Waals surface area contributed by atoms with Gasteiger partial charge < -0.3 is 4.57 Å². The van der Waals surface area contributed by atoms with Crippen LogP contribution in [0.15, 0.2) is 22.8 Å². The highest BCUT2D eigenvalue weighted by molar-refractivity contribution is 9.10. The van der Waals surface area contributed by atoms with Crippen molar-refractivity contribution in [2.24, 2.45) is 0 Å². The maximum Gasteiger partial charge on any atom is 0.274 e. The maximum absolute atomic E-state index is 12.3. The molecule has 0 bridgehead atoms. The third-order valence-corrected chi connectivity index (χ3v) is 3.24. The van der Waals surface area contributed by atoms with Crippen LogP contribution in [-0.4, -0.2) is 20.4 Å². The van der Waals surface area contributed by atoms with Crippen LogP contribution in [0.5, 0.6) is 0 Å². The molecule has 0 aliphatic heterocycles. The van der Waals surface area contributed by atoms with Gasteiger partial charge in [0.2, 0.25) is 5.95 Å². The smallest absolute Gasteiger partial charge is 0.274 e. The molecule has 20 heavy (non-hydrogen) atoms. The van der Waals surface area contributed by atoms with Gasteiger partial charge in [0.15, 0.2) is 0 Å². The lowest BCUT2D eigenvalue weighted by molar-refractivity contribution is 0.101. The van der Waals surface area contributed by atoms with Crippen LogP contribution in [0.25, 0.3) is 0 Å². The molecule has 0 spiro atoms. The molecule has 0 saturated heterocycles. The molecule has 0 saturated carbocycles. The lowest BCUT2D eigenvalue weighted by Crippen LogP contribution is -2.18. The molecule has 5 nitrogen and oxygen atoms in total. The number of halogens is 2. The third-order valence-electron chi connectivity index (χ3n) is 2.61. The molecular weight excluding hydrogens is 344 g/mol. The number of carbonyl (C=O) groups is 1. The van der Waals surface area contributed by atoms with E-state index in [1.54, 1.807) is 19.1 Å². The largest absolute Gasteiger partial charge is 0.342 e. The van der Waals surface area contributed by atoms with Crippen LogP contribution < -0.4 is 5.32 Å². The van der Waals surface area contributed by atoms with Crippen molar-refractivity contribution in [2.75, 3.05) is 5.32 Å². The second-order valence-corrected chi connectivity index (χ2v) is 5.65. The SMILES string of the molecule is CCCn1cc(Br)cc1C(=O)Nc1nc(C)cc(Cl)n1.